The lowest BCUT2D eigenvalue weighted by Crippen LogP contribution is -2.15. The van der Waals surface area contributed by atoms with Crippen molar-refractivity contribution in [2.75, 3.05) is 74.1 Å². The molecule has 8 aromatic carbocycles. The van der Waals surface area contributed by atoms with Gasteiger partial charge in [0.1, 0.15) is 34.5 Å². The Kier molecular flexibility index (Phi) is 33.7. The summed E-state index contributed by atoms with van der Waals surface area (Å²) in [5.74, 6) is 4.03. The number of Topliss-reactive ketones (excluding diaryl/α,β-unsaturated/α-hetero) is 1. The van der Waals surface area contributed by atoms with E-state index in [4.69, 9.17) is 33.5 Å². The number of H-pyrrole nitrogens is 2. The number of allylic oxidation sites excluding steroid dienone is 1. The van der Waals surface area contributed by atoms with Gasteiger partial charge in [0.05, 0.1) is 81.0 Å². The van der Waals surface area contributed by atoms with E-state index < -0.39 is 5.97 Å². The molecule has 0 aliphatic heterocycles. The van der Waals surface area contributed by atoms with Gasteiger partial charge in [0.15, 0.2) is 5.78 Å². The lowest BCUT2D eigenvalue weighted by Gasteiger charge is -2.16. The van der Waals surface area contributed by atoms with Gasteiger partial charge in [-0.2, -0.15) is 0 Å². The molecule has 10 aromatic rings. The average Bonchev–Trinajstić information content (AvgIpc) is 1.68. The molecule has 0 aliphatic carbocycles. The summed E-state index contributed by atoms with van der Waals surface area (Å²) in [6, 6.07) is 62.2. The first-order chi connectivity index (χ1) is 48.2. The standard InChI is InChI=1S/C19H20N2O2.C19H22N2O.C12H16O3.C12H14O3.C11H14O3.C9H10O2/c1-13(14-6-3-4-9-18(14)23-2)12-19(22)21-17-8-5-7-16-15(17)10-11-20-16;1-14(15-6-3-4-9-19(15)22-2)10-12-20-17-7-5-8-18-16(17)11-13-21-18;2*1-9(8-12(13)15-3)10-6-4-5-7-11(10)14-2;1-8(7-11(12)13)9-5-3-4-6-10(9)14-2;1-7(10)8-5-3-4-6-9(8)11-2/h3-11,13,20H,12H2,1-2H3,(H,21,22);3-9,11,13-14,20-21H,10,12H2,1-2H3;4-7,9H,8H2,1-3H3;4-8H,1-3H3;3-6,8H,7H2,1-2H3,(H,12,13);3-6H,1-2H3/b;;;9-8+;;. The van der Waals surface area contributed by atoms with E-state index in [1.165, 1.54) is 49.4 Å². The number of aromatic nitrogens is 2. The number of anilines is 2. The van der Waals surface area contributed by atoms with Gasteiger partial charge in [0, 0.05) is 64.5 Å². The molecule has 100 heavy (non-hydrogen) atoms. The fourth-order valence-corrected chi connectivity index (χ4v) is 10.9. The number of aliphatic carboxylic acids is 1. The number of amides is 1. The number of ketones is 1. The van der Waals surface area contributed by atoms with Crippen molar-refractivity contribution in [3.05, 3.63) is 246 Å². The molecule has 1 amide bonds. The molecular formula is C82H96N4O14. The van der Waals surface area contributed by atoms with Crippen LogP contribution in [0.3, 0.4) is 0 Å². The van der Waals surface area contributed by atoms with Crippen LogP contribution in [0.2, 0.25) is 0 Å². The summed E-state index contributed by atoms with van der Waals surface area (Å²) < 4.78 is 40.6. The van der Waals surface area contributed by atoms with Crippen LogP contribution < -0.4 is 39.1 Å². The summed E-state index contributed by atoms with van der Waals surface area (Å²) in [4.78, 5) is 62.5. The Morgan fingerprint density at radius 3 is 1.22 bits per heavy atom. The Hall–Kier alpha value is -11.3. The number of carbonyl (C=O) groups is 5. The second-order valence-electron chi connectivity index (χ2n) is 23.2. The normalized spacial score (nSPS) is 11.6. The Morgan fingerprint density at radius 2 is 0.800 bits per heavy atom. The lowest BCUT2D eigenvalue weighted by atomic mass is 9.96. The third-order valence-corrected chi connectivity index (χ3v) is 16.3. The third-order valence-electron chi connectivity index (χ3n) is 16.3. The van der Waals surface area contributed by atoms with Gasteiger partial charge in [0.25, 0.3) is 0 Å². The molecule has 0 radical (unpaired) electrons. The van der Waals surface area contributed by atoms with Gasteiger partial charge in [0.2, 0.25) is 5.91 Å². The molecule has 528 valence electrons. The van der Waals surface area contributed by atoms with E-state index in [0.29, 0.717) is 30.1 Å². The summed E-state index contributed by atoms with van der Waals surface area (Å²) in [6.07, 6.45) is 7.25. The van der Waals surface area contributed by atoms with Crippen LogP contribution in [0.1, 0.15) is 129 Å². The number of aromatic amines is 2. The second kappa shape index (κ2) is 42.4. The fourth-order valence-electron chi connectivity index (χ4n) is 10.9. The van der Waals surface area contributed by atoms with E-state index in [9.17, 15) is 24.0 Å². The zero-order chi connectivity index (χ0) is 72.9. The van der Waals surface area contributed by atoms with Crippen molar-refractivity contribution < 1.29 is 67.0 Å². The van der Waals surface area contributed by atoms with Crippen LogP contribution in [-0.2, 0) is 28.7 Å². The molecule has 0 fully saturated rings. The number of esters is 2. The molecular weight excluding hydrogens is 1260 g/mol. The first-order valence-electron chi connectivity index (χ1n) is 32.8. The molecule has 5 N–H and O–H groups in total. The van der Waals surface area contributed by atoms with Crippen molar-refractivity contribution in [2.24, 2.45) is 0 Å². The second-order valence-corrected chi connectivity index (χ2v) is 23.2. The number of benzene rings is 8. The zero-order valence-electron chi connectivity index (χ0n) is 59.8. The number of carboxylic acid groups (broad SMARTS) is 1. The van der Waals surface area contributed by atoms with E-state index >= 15 is 0 Å². The molecule has 0 saturated heterocycles. The third kappa shape index (κ3) is 24.7. The largest absolute Gasteiger partial charge is 0.496 e. The van der Waals surface area contributed by atoms with E-state index in [1.807, 2.05) is 186 Å². The molecule has 18 nitrogen and oxygen atoms in total. The molecule has 10 rings (SSSR count). The topological polar surface area (TPSA) is 235 Å². The molecule has 0 spiro atoms. The predicted molar refractivity (Wildman–Crippen MR) is 399 cm³/mol. The molecule has 2 heterocycles. The maximum Gasteiger partial charge on any atom is 0.330 e. The number of rotatable bonds is 24. The molecule has 0 bridgehead atoms. The van der Waals surface area contributed by atoms with Crippen molar-refractivity contribution in [2.45, 2.75) is 90.9 Å². The Labute approximate surface area is 588 Å². The van der Waals surface area contributed by atoms with Gasteiger partial charge in [-0.1, -0.05) is 143 Å². The van der Waals surface area contributed by atoms with Gasteiger partial charge in [-0.25, -0.2) is 4.79 Å². The minimum Gasteiger partial charge on any atom is -0.496 e. The molecule has 0 aliphatic rings. The van der Waals surface area contributed by atoms with Crippen LogP contribution in [0.15, 0.2) is 213 Å². The van der Waals surface area contributed by atoms with Gasteiger partial charge < -0.3 is 63.6 Å². The van der Waals surface area contributed by atoms with Gasteiger partial charge in [-0.05, 0) is 151 Å². The first-order valence-corrected chi connectivity index (χ1v) is 32.8. The van der Waals surface area contributed by atoms with Crippen molar-refractivity contribution >= 4 is 68.4 Å². The Bertz CT molecular complexity index is 4210. The highest BCUT2D eigenvalue weighted by Crippen LogP contribution is 2.33. The van der Waals surface area contributed by atoms with Gasteiger partial charge in [-0.3, -0.25) is 19.2 Å². The van der Waals surface area contributed by atoms with Crippen LogP contribution in [0.4, 0.5) is 11.4 Å². The minimum atomic E-state index is -0.789. The lowest BCUT2D eigenvalue weighted by molar-refractivity contribution is -0.141. The number of hydrogen-bond acceptors (Lipinski definition) is 14. The molecule has 4 atom stereocenters. The smallest absolute Gasteiger partial charge is 0.330 e. The molecule has 4 unspecified atom stereocenters. The number of carboxylic acids is 1. The summed E-state index contributed by atoms with van der Waals surface area (Å²) in [5, 5.41) is 17.5. The summed E-state index contributed by atoms with van der Waals surface area (Å²) in [7, 11) is 12.5. The number of nitrogens with one attached hydrogen (secondary N) is 4. The maximum atomic E-state index is 12.4. The van der Waals surface area contributed by atoms with E-state index in [2.05, 4.69) is 73.4 Å². The summed E-state index contributed by atoms with van der Waals surface area (Å²) in [6.45, 7) is 12.4. The van der Waals surface area contributed by atoms with Gasteiger partial charge in [-0.15, -0.1) is 0 Å². The number of fused-ring (bicyclic) bond motifs is 2. The van der Waals surface area contributed by atoms with Crippen molar-refractivity contribution in [3.63, 3.8) is 0 Å². The van der Waals surface area contributed by atoms with Crippen LogP contribution in [-0.4, -0.2) is 108 Å². The number of hydrogen-bond donors (Lipinski definition) is 5. The summed E-state index contributed by atoms with van der Waals surface area (Å²) >= 11 is 0. The van der Waals surface area contributed by atoms with E-state index in [1.54, 1.807) is 54.8 Å². The van der Waals surface area contributed by atoms with Crippen LogP contribution >= 0.6 is 0 Å². The van der Waals surface area contributed by atoms with E-state index in [-0.39, 0.29) is 47.8 Å². The van der Waals surface area contributed by atoms with Gasteiger partial charge >= 0.3 is 17.9 Å². The summed E-state index contributed by atoms with van der Waals surface area (Å²) in [5.41, 5.74) is 10.8. The molecule has 0 saturated carbocycles. The molecule has 2 aromatic heterocycles. The number of ether oxygens (including phenoxy) is 8. The van der Waals surface area contributed by atoms with Crippen LogP contribution in [0, 0.1) is 0 Å². The molecule has 18 heteroatoms. The van der Waals surface area contributed by atoms with E-state index in [0.717, 1.165) is 86.1 Å². The highest BCUT2D eigenvalue weighted by Gasteiger charge is 2.19. The van der Waals surface area contributed by atoms with Crippen molar-refractivity contribution in [1.82, 2.24) is 9.97 Å². The number of para-hydroxylation sites is 6. The SMILES string of the molecule is COC(=O)/C=C(\C)c1ccccc1OC.COC(=O)CC(C)c1ccccc1OC.COc1ccccc1C(C)=O.COc1ccccc1C(C)CC(=O)Nc1cccc2[nH]ccc12.COc1ccccc1C(C)CC(=O)O.COc1ccccc1C(C)CCNc1cccc2[nH]ccc12. The minimum absolute atomic E-state index is 0.00268. The Morgan fingerprint density at radius 1 is 0.420 bits per heavy atom. The monoisotopic (exact) mass is 1360 g/mol. The predicted octanol–water partition coefficient (Wildman–Crippen LogP) is 17.9. The zero-order valence-corrected chi connectivity index (χ0v) is 59.8. The Balaban J connectivity index is 0.000000220. The van der Waals surface area contributed by atoms with Crippen LogP contribution in [0.25, 0.3) is 27.4 Å². The number of methoxy groups -OCH3 is 8. The van der Waals surface area contributed by atoms with Crippen molar-refractivity contribution in [3.8, 4) is 34.5 Å². The van der Waals surface area contributed by atoms with Crippen LogP contribution in [0.5, 0.6) is 34.5 Å². The highest BCUT2D eigenvalue weighted by molar-refractivity contribution is 6.01. The number of carbonyl (C=O) groups excluding carboxylic acids is 4. The average molecular weight is 1360 g/mol. The first kappa shape index (κ1) is 79.4. The van der Waals surface area contributed by atoms with Crippen molar-refractivity contribution in [1.29, 1.82) is 0 Å². The maximum absolute atomic E-state index is 12.4. The fraction of sp³-hybridized carbons (Fsp3) is 0.280. The highest BCUT2D eigenvalue weighted by atomic mass is 16.5. The quantitative estimate of drug-likeness (QED) is 0.0215.